The van der Waals surface area contributed by atoms with Gasteiger partial charge >= 0.3 is 5.97 Å². The van der Waals surface area contributed by atoms with Crippen LogP contribution in [0.3, 0.4) is 0 Å². The average molecular weight is 155 g/mol. The van der Waals surface area contributed by atoms with E-state index >= 15 is 0 Å². The van der Waals surface area contributed by atoms with Crippen molar-refractivity contribution in [2.45, 2.75) is 0 Å². The molecule has 0 amide bonds. The summed E-state index contributed by atoms with van der Waals surface area (Å²) in [6.45, 7) is 0. The summed E-state index contributed by atoms with van der Waals surface area (Å²) in [4.78, 5) is 22.8. The van der Waals surface area contributed by atoms with Crippen molar-refractivity contribution in [1.29, 1.82) is 0 Å². The lowest BCUT2D eigenvalue weighted by Crippen LogP contribution is -2.07. The van der Waals surface area contributed by atoms with Gasteiger partial charge in [-0.15, -0.1) is 0 Å². The number of nitrogens with one attached hydrogen (secondary N) is 1. The predicted octanol–water partition coefficient (Wildman–Crippen LogP) is -0.221. The predicted molar refractivity (Wildman–Crippen MR) is 35.7 cm³/mol. The van der Waals surface area contributed by atoms with Crippen molar-refractivity contribution in [2.75, 3.05) is 0 Å². The van der Waals surface area contributed by atoms with Crippen LogP contribution in [-0.4, -0.2) is 21.2 Å². The van der Waals surface area contributed by atoms with Gasteiger partial charge in [0.25, 0.3) is 5.56 Å². The van der Waals surface area contributed by atoms with Gasteiger partial charge in [0.1, 0.15) is 0 Å². The Morgan fingerprint density at radius 2 is 2.18 bits per heavy atom. The average Bonchev–Trinajstić information content (AvgIpc) is 1.94. The summed E-state index contributed by atoms with van der Waals surface area (Å²) in [5.41, 5.74) is -0.850. The molecule has 0 saturated carbocycles. The third-order valence-electron chi connectivity index (χ3n) is 1.13. The Kier molecular flexibility index (Phi) is 1.63. The van der Waals surface area contributed by atoms with E-state index in [0.717, 1.165) is 12.3 Å². The summed E-state index contributed by atoms with van der Waals surface area (Å²) >= 11 is 0. The van der Waals surface area contributed by atoms with Gasteiger partial charge in [0.05, 0.1) is 5.56 Å². The number of carboxylic acid groups (broad SMARTS) is 1. The molecule has 0 saturated heterocycles. The highest BCUT2D eigenvalue weighted by atomic mass is 16.4. The number of aromatic hydroxyl groups is 1. The molecule has 11 heavy (non-hydrogen) atoms. The van der Waals surface area contributed by atoms with Crippen molar-refractivity contribution >= 4 is 5.97 Å². The molecule has 0 aromatic carbocycles. The number of H-pyrrole nitrogens is 1. The number of carbonyl (C=O) groups is 1. The van der Waals surface area contributed by atoms with Crippen molar-refractivity contribution in [1.82, 2.24) is 4.98 Å². The minimum absolute atomic E-state index is 0.151. The van der Waals surface area contributed by atoms with Crippen LogP contribution in [0.25, 0.3) is 0 Å². The maximum atomic E-state index is 10.5. The fourth-order valence-electron chi connectivity index (χ4n) is 0.595. The quantitative estimate of drug-likeness (QED) is 0.522. The van der Waals surface area contributed by atoms with Gasteiger partial charge in [0.2, 0.25) is 0 Å². The number of aromatic amines is 1. The van der Waals surface area contributed by atoms with Crippen LogP contribution < -0.4 is 5.56 Å². The molecule has 0 fully saturated rings. The summed E-state index contributed by atoms with van der Waals surface area (Å²) in [5.74, 6) is -1.79. The van der Waals surface area contributed by atoms with E-state index in [1.165, 1.54) is 0 Å². The molecule has 0 bridgehead atoms. The van der Waals surface area contributed by atoms with E-state index in [0.29, 0.717) is 0 Å². The third kappa shape index (κ3) is 1.37. The number of aromatic nitrogens is 1. The van der Waals surface area contributed by atoms with Gasteiger partial charge in [-0.05, 0) is 0 Å². The second-order valence-electron chi connectivity index (χ2n) is 1.91. The molecule has 0 radical (unpaired) electrons. The van der Waals surface area contributed by atoms with Crippen LogP contribution in [0.2, 0.25) is 0 Å². The minimum Gasteiger partial charge on any atom is -0.503 e. The first-order chi connectivity index (χ1) is 5.11. The highest BCUT2D eigenvalue weighted by Crippen LogP contribution is 2.02. The van der Waals surface area contributed by atoms with E-state index in [4.69, 9.17) is 10.2 Å². The lowest BCUT2D eigenvalue weighted by molar-refractivity contribution is 0.0696. The minimum atomic E-state index is -1.20. The fourth-order valence-corrected chi connectivity index (χ4v) is 0.595. The van der Waals surface area contributed by atoms with Gasteiger partial charge in [-0.2, -0.15) is 0 Å². The monoisotopic (exact) mass is 155 g/mol. The summed E-state index contributed by atoms with van der Waals surface area (Å²) < 4.78 is 0. The first kappa shape index (κ1) is 7.33. The largest absolute Gasteiger partial charge is 0.503 e. The Bertz CT molecular complexity index is 341. The van der Waals surface area contributed by atoms with Gasteiger partial charge in [-0.3, -0.25) is 4.79 Å². The van der Waals surface area contributed by atoms with Crippen LogP contribution in [0.5, 0.6) is 5.75 Å². The smallest absolute Gasteiger partial charge is 0.337 e. The second kappa shape index (κ2) is 2.45. The maximum Gasteiger partial charge on any atom is 0.337 e. The van der Waals surface area contributed by atoms with Crippen LogP contribution in [0.1, 0.15) is 10.4 Å². The molecule has 0 aliphatic heterocycles. The Morgan fingerprint density at radius 3 is 2.64 bits per heavy atom. The highest BCUT2D eigenvalue weighted by molar-refractivity contribution is 5.87. The van der Waals surface area contributed by atoms with Crippen LogP contribution in [0.4, 0.5) is 0 Å². The molecule has 3 N–H and O–H groups in total. The zero-order chi connectivity index (χ0) is 8.43. The number of pyridine rings is 1. The van der Waals surface area contributed by atoms with Gasteiger partial charge in [-0.1, -0.05) is 0 Å². The number of hydrogen-bond donors (Lipinski definition) is 3. The molecule has 5 nitrogen and oxygen atoms in total. The van der Waals surface area contributed by atoms with Gasteiger partial charge in [-0.25, -0.2) is 4.79 Å². The molecule has 1 heterocycles. The molecular formula is C6H5NO4. The van der Waals surface area contributed by atoms with Gasteiger partial charge in [0.15, 0.2) is 5.75 Å². The summed E-state index contributed by atoms with van der Waals surface area (Å²) in [5, 5.41) is 17.1. The number of carboxylic acids is 1. The Labute approximate surface area is 60.9 Å². The fraction of sp³-hybridized carbons (Fsp3) is 0. The van der Waals surface area contributed by atoms with E-state index in [1.807, 2.05) is 0 Å². The molecule has 0 aliphatic carbocycles. The molecular weight excluding hydrogens is 150 g/mol. The molecule has 0 atom stereocenters. The molecule has 1 aromatic rings. The Balaban J connectivity index is 3.26. The van der Waals surface area contributed by atoms with E-state index < -0.39 is 17.3 Å². The molecule has 1 aromatic heterocycles. The molecule has 58 valence electrons. The van der Waals surface area contributed by atoms with Crippen LogP contribution in [0, 0.1) is 0 Å². The molecule has 1 rings (SSSR count). The number of hydrogen-bond acceptors (Lipinski definition) is 3. The van der Waals surface area contributed by atoms with Crippen LogP contribution in [0.15, 0.2) is 17.1 Å². The summed E-state index contributed by atoms with van der Waals surface area (Å²) in [6, 6.07) is 0.890. The molecule has 0 spiro atoms. The van der Waals surface area contributed by atoms with Gasteiger partial charge < -0.3 is 15.2 Å². The van der Waals surface area contributed by atoms with Gasteiger partial charge in [0, 0.05) is 12.3 Å². The second-order valence-corrected chi connectivity index (χ2v) is 1.91. The van der Waals surface area contributed by atoms with Crippen molar-refractivity contribution in [3.63, 3.8) is 0 Å². The Morgan fingerprint density at radius 1 is 1.55 bits per heavy atom. The number of rotatable bonds is 1. The molecule has 0 aliphatic rings. The van der Waals surface area contributed by atoms with E-state index in [1.54, 1.807) is 0 Å². The summed E-state index contributed by atoms with van der Waals surface area (Å²) in [6.07, 6.45) is 1.02. The highest BCUT2D eigenvalue weighted by Gasteiger charge is 2.04. The molecule has 0 unspecified atom stereocenters. The SMILES string of the molecule is O=C(O)c1c[nH]c(=O)c(O)c1. The lowest BCUT2D eigenvalue weighted by Gasteiger charge is -1.92. The van der Waals surface area contributed by atoms with Crippen LogP contribution >= 0.6 is 0 Å². The molecule has 5 heteroatoms. The first-order valence-electron chi connectivity index (χ1n) is 2.76. The van der Waals surface area contributed by atoms with E-state index in [9.17, 15) is 9.59 Å². The zero-order valence-electron chi connectivity index (χ0n) is 5.37. The van der Waals surface area contributed by atoms with E-state index in [-0.39, 0.29) is 5.56 Å². The lowest BCUT2D eigenvalue weighted by atomic mass is 10.3. The standard InChI is InChI=1S/C6H5NO4/c8-4-1-3(6(10)11)2-7-5(4)9/h1-2,8H,(H,7,9)(H,10,11). The van der Waals surface area contributed by atoms with Crippen molar-refractivity contribution in [3.05, 3.63) is 28.2 Å². The summed E-state index contributed by atoms with van der Waals surface area (Å²) in [7, 11) is 0. The topological polar surface area (TPSA) is 90.4 Å². The number of aromatic carboxylic acids is 1. The van der Waals surface area contributed by atoms with Crippen LogP contribution in [-0.2, 0) is 0 Å². The first-order valence-corrected chi connectivity index (χ1v) is 2.76. The zero-order valence-corrected chi connectivity index (χ0v) is 5.37. The van der Waals surface area contributed by atoms with Crippen molar-refractivity contribution in [3.8, 4) is 5.75 Å². The maximum absolute atomic E-state index is 10.5. The van der Waals surface area contributed by atoms with Crippen molar-refractivity contribution < 1.29 is 15.0 Å². The Hall–Kier alpha value is -1.78. The third-order valence-corrected chi connectivity index (χ3v) is 1.13. The van der Waals surface area contributed by atoms with Crippen molar-refractivity contribution in [2.24, 2.45) is 0 Å². The normalized spacial score (nSPS) is 9.45. The van der Waals surface area contributed by atoms with E-state index in [2.05, 4.69) is 4.98 Å².